The van der Waals surface area contributed by atoms with Crippen LogP contribution in [0.5, 0.6) is 5.75 Å². The Bertz CT molecular complexity index is 1660. The van der Waals surface area contributed by atoms with Crippen LogP contribution in [0.25, 0.3) is 0 Å². The average Bonchev–Trinajstić information content (AvgIpc) is 3.29. The molecule has 2 aliphatic heterocycles. The standard InChI is InChI=1S/C39H41N3O5/c1-39(2,3)47-38(45)41-22-21-30-17-12-20-34(35(30)33(41)27-42-36(43)31-18-10-11-19-32(31)37(42)44)46-24-23-40(25-28-13-6-4-7-14-28)26-29-15-8-5-9-16-29/h4-20,33H,21-27H2,1-3H3/t33-/m1/s1. The number of nitrogens with zero attached hydrogens (tertiary/aromatic N) is 3. The molecule has 3 amide bonds. The number of imide groups is 1. The van der Waals surface area contributed by atoms with Crippen molar-refractivity contribution in [2.45, 2.75) is 51.9 Å². The number of amides is 3. The summed E-state index contributed by atoms with van der Waals surface area (Å²) in [5.41, 5.74) is 4.30. The van der Waals surface area contributed by atoms with Crippen LogP contribution < -0.4 is 4.74 Å². The fourth-order valence-corrected chi connectivity index (χ4v) is 6.35. The number of carbonyl (C=O) groups excluding carboxylic acids is 3. The van der Waals surface area contributed by atoms with Crippen molar-refractivity contribution < 1.29 is 23.9 Å². The van der Waals surface area contributed by atoms with Crippen LogP contribution in [0.4, 0.5) is 4.79 Å². The number of benzene rings is 4. The number of fused-ring (bicyclic) bond motifs is 2. The topological polar surface area (TPSA) is 79.4 Å². The van der Waals surface area contributed by atoms with Crippen molar-refractivity contribution in [1.29, 1.82) is 0 Å². The molecule has 0 spiro atoms. The molecule has 47 heavy (non-hydrogen) atoms. The van der Waals surface area contributed by atoms with E-state index in [0.29, 0.717) is 43.0 Å². The van der Waals surface area contributed by atoms with Crippen LogP contribution in [0.1, 0.15) is 69.8 Å². The van der Waals surface area contributed by atoms with E-state index in [1.54, 1.807) is 29.2 Å². The van der Waals surface area contributed by atoms with Crippen molar-refractivity contribution in [2.75, 3.05) is 26.2 Å². The van der Waals surface area contributed by atoms with Crippen molar-refractivity contribution in [3.63, 3.8) is 0 Å². The zero-order valence-electron chi connectivity index (χ0n) is 27.2. The Kier molecular flexibility index (Phi) is 9.41. The molecule has 0 aliphatic carbocycles. The van der Waals surface area contributed by atoms with Gasteiger partial charge in [0.1, 0.15) is 18.0 Å². The predicted octanol–water partition coefficient (Wildman–Crippen LogP) is 6.90. The summed E-state index contributed by atoms with van der Waals surface area (Å²) in [6.07, 6.45) is 0.106. The molecule has 2 heterocycles. The van der Waals surface area contributed by atoms with Gasteiger partial charge >= 0.3 is 6.09 Å². The highest BCUT2D eigenvalue weighted by atomic mass is 16.6. The first-order chi connectivity index (χ1) is 22.7. The van der Waals surface area contributed by atoms with E-state index in [9.17, 15) is 14.4 Å². The van der Waals surface area contributed by atoms with E-state index in [1.807, 2.05) is 75.4 Å². The smallest absolute Gasteiger partial charge is 0.410 e. The summed E-state index contributed by atoms with van der Waals surface area (Å²) in [6, 6.07) is 32.8. The number of carbonyl (C=O) groups is 3. The molecule has 0 fully saturated rings. The summed E-state index contributed by atoms with van der Waals surface area (Å²) in [6.45, 7) is 8.46. The number of ether oxygens (including phenoxy) is 2. The minimum Gasteiger partial charge on any atom is -0.492 e. The monoisotopic (exact) mass is 631 g/mol. The third-order valence-corrected chi connectivity index (χ3v) is 8.51. The van der Waals surface area contributed by atoms with Gasteiger partial charge in [-0.2, -0.15) is 0 Å². The second-order valence-electron chi connectivity index (χ2n) is 13.1. The molecule has 4 aromatic carbocycles. The molecule has 0 N–H and O–H groups in total. The Hall–Kier alpha value is -4.95. The maximum atomic E-state index is 13.6. The largest absolute Gasteiger partial charge is 0.492 e. The molecule has 1 atom stereocenters. The van der Waals surface area contributed by atoms with Gasteiger partial charge in [0.05, 0.1) is 23.7 Å². The minimum atomic E-state index is -0.714. The highest BCUT2D eigenvalue weighted by Crippen LogP contribution is 2.39. The van der Waals surface area contributed by atoms with Gasteiger partial charge in [-0.25, -0.2) is 4.79 Å². The van der Waals surface area contributed by atoms with Crippen LogP contribution >= 0.6 is 0 Å². The maximum absolute atomic E-state index is 13.6. The summed E-state index contributed by atoms with van der Waals surface area (Å²) in [5, 5.41) is 0. The molecule has 0 saturated carbocycles. The molecule has 0 bridgehead atoms. The van der Waals surface area contributed by atoms with Crippen molar-refractivity contribution >= 4 is 17.9 Å². The molecule has 0 aromatic heterocycles. The van der Waals surface area contributed by atoms with Crippen LogP contribution in [0, 0.1) is 0 Å². The van der Waals surface area contributed by atoms with E-state index in [1.165, 1.54) is 16.0 Å². The molecule has 0 radical (unpaired) electrons. The number of rotatable bonds is 10. The Morgan fingerprint density at radius 3 is 1.94 bits per heavy atom. The summed E-state index contributed by atoms with van der Waals surface area (Å²) in [5.74, 6) is -0.0906. The van der Waals surface area contributed by atoms with Crippen molar-refractivity contribution in [3.05, 3.63) is 137 Å². The SMILES string of the molecule is CC(C)(C)OC(=O)N1CCc2cccc(OCCN(Cc3ccccc3)Cc3ccccc3)c2[C@H]1CN1C(=O)c2ccccc2C1=O. The molecule has 8 heteroatoms. The second kappa shape index (κ2) is 13.8. The van der Waals surface area contributed by atoms with Crippen LogP contribution in [-0.2, 0) is 24.2 Å². The molecular weight excluding hydrogens is 590 g/mol. The lowest BCUT2D eigenvalue weighted by molar-refractivity contribution is 0.00950. The summed E-state index contributed by atoms with van der Waals surface area (Å²) >= 11 is 0. The summed E-state index contributed by atoms with van der Waals surface area (Å²) < 4.78 is 12.4. The third-order valence-electron chi connectivity index (χ3n) is 8.51. The molecule has 6 rings (SSSR count). The first kappa shape index (κ1) is 32.0. The van der Waals surface area contributed by atoms with Gasteiger partial charge in [-0.05, 0) is 62.1 Å². The molecule has 2 aliphatic rings. The van der Waals surface area contributed by atoms with E-state index in [2.05, 4.69) is 29.2 Å². The van der Waals surface area contributed by atoms with Crippen molar-refractivity contribution in [1.82, 2.24) is 14.7 Å². The lowest BCUT2D eigenvalue weighted by atomic mass is 9.91. The average molecular weight is 632 g/mol. The van der Waals surface area contributed by atoms with Gasteiger partial charge in [0.25, 0.3) is 11.8 Å². The van der Waals surface area contributed by atoms with Crippen molar-refractivity contribution in [3.8, 4) is 5.75 Å². The van der Waals surface area contributed by atoms with E-state index < -0.39 is 17.7 Å². The van der Waals surface area contributed by atoms with Crippen LogP contribution in [0.2, 0.25) is 0 Å². The van der Waals surface area contributed by atoms with Crippen LogP contribution in [0.3, 0.4) is 0 Å². The highest BCUT2D eigenvalue weighted by molar-refractivity contribution is 6.21. The van der Waals surface area contributed by atoms with E-state index in [4.69, 9.17) is 9.47 Å². The van der Waals surface area contributed by atoms with E-state index in [0.717, 1.165) is 24.2 Å². The lowest BCUT2D eigenvalue weighted by Crippen LogP contribution is -2.48. The zero-order valence-corrected chi connectivity index (χ0v) is 27.2. The van der Waals surface area contributed by atoms with Gasteiger partial charge < -0.3 is 9.47 Å². The number of hydrogen-bond donors (Lipinski definition) is 0. The van der Waals surface area contributed by atoms with Crippen LogP contribution in [0.15, 0.2) is 103 Å². The lowest BCUT2D eigenvalue weighted by Gasteiger charge is -2.40. The van der Waals surface area contributed by atoms with Gasteiger partial charge in [0.15, 0.2) is 0 Å². The third kappa shape index (κ3) is 7.39. The molecule has 8 nitrogen and oxygen atoms in total. The quantitative estimate of drug-likeness (QED) is 0.177. The molecule has 242 valence electrons. The van der Waals surface area contributed by atoms with Gasteiger partial charge in [0, 0.05) is 31.7 Å². The highest BCUT2D eigenvalue weighted by Gasteiger charge is 2.42. The minimum absolute atomic E-state index is 0.00684. The van der Waals surface area contributed by atoms with Gasteiger partial charge in [-0.1, -0.05) is 84.9 Å². The van der Waals surface area contributed by atoms with Gasteiger partial charge in [-0.3, -0.25) is 24.3 Å². The van der Waals surface area contributed by atoms with Crippen LogP contribution in [-0.4, -0.2) is 64.4 Å². The number of hydrogen-bond acceptors (Lipinski definition) is 6. The first-order valence-corrected chi connectivity index (χ1v) is 16.2. The van der Waals surface area contributed by atoms with Gasteiger partial charge in [-0.15, -0.1) is 0 Å². The molecule has 0 saturated heterocycles. The Balaban J connectivity index is 1.27. The molecule has 4 aromatic rings. The van der Waals surface area contributed by atoms with E-state index >= 15 is 0 Å². The van der Waals surface area contributed by atoms with Crippen molar-refractivity contribution in [2.24, 2.45) is 0 Å². The first-order valence-electron chi connectivity index (χ1n) is 16.2. The maximum Gasteiger partial charge on any atom is 0.410 e. The Morgan fingerprint density at radius 2 is 1.36 bits per heavy atom. The Morgan fingerprint density at radius 1 is 0.787 bits per heavy atom. The second-order valence-corrected chi connectivity index (χ2v) is 13.1. The summed E-state index contributed by atoms with van der Waals surface area (Å²) in [7, 11) is 0. The summed E-state index contributed by atoms with van der Waals surface area (Å²) in [4.78, 5) is 45.8. The molecule has 0 unspecified atom stereocenters. The van der Waals surface area contributed by atoms with E-state index in [-0.39, 0.29) is 18.4 Å². The normalized spacial score (nSPS) is 15.9. The Labute approximate surface area is 276 Å². The zero-order chi connectivity index (χ0) is 33.0. The molecular formula is C39H41N3O5. The van der Waals surface area contributed by atoms with Gasteiger partial charge in [0.2, 0.25) is 0 Å². The predicted molar refractivity (Wildman–Crippen MR) is 180 cm³/mol. The fourth-order valence-electron chi connectivity index (χ4n) is 6.35. The fraction of sp³-hybridized carbons (Fsp3) is 0.308.